The lowest BCUT2D eigenvalue weighted by atomic mass is 9.93. The monoisotopic (exact) mass is 600 g/mol. The standard InChI is InChI=1S/C28H33FN6O6S/c1-27(2,3)41-26(36)34-25-23(16-6-7-16)42(37,38)14-28(4,35-25)19-11-21(31-13-20(19)29)33-24-22-17(8-9-30-24)10-18(12-32-22)40-15-39-5/h8-13,16,23H,6-7,14-15H2,1-5H3,(H,30,31,33)(H,34,35,36)/t23-,28-/m0/s1. The van der Waals surface area contributed by atoms with E-state index < -0.39 is 43.9 Å². The van der Waals surface area contributed by atoms with Gasteiger partial charge in [-0.1, -0.05) is 0 Å². The topological polar surface area (TPSA) is 154 Å². The van der Waals surface area contributed by atoms with Crippen LogP contribution in [0.3, 0.4) is 0 Å². The molecular weight excluding hydrogens is 567 g/mol. The molecule has 2 fully saturated rings. The highest BCUT2D eigenvalue weighted by atomic mass is 32.2. The Bertz CT molecular complexity index is 1660. The molecule has 4 heterocycles. The van der Waals surface area contributed by atoms with Crippen molar-refractivity contribution in [2.24, 2.45) is 10.9 Å². The van der Waals surface area contributed by atoms with Crippen molar-refractivity contribution in [3.63, 3.8) is 0 Å². The minimum atomic E-state index is -3.83. The first-order valence-corrected chi connectivity index (χ1v) is 15.1. The Kier molecular flexibility index (Phi) is 7.79. The Morgan fingerprint density at radius 3 is 2.67 bits per heavy atom. The fourth-order valence-corrected chi connectivity index (χ4v) is 7.50. The molecule has 0 unspecified atom stereocenters. The number of nitrogens with one attached hydrogen (secondary N) is 2. The van der Waals surface area contributed by atoms with E-state index in [1.165, 1.54) is 19.4 Å². The molecule has 42 heavy (non-hydrogen) atoms. The van der Waals surface area contributed by atoms with Crippen LogP contribution >= 0.6 is 0 Å². The lowest BCUT2D eigenvalue weighted by Gasteiger charge is -2.40. The molecule has 3 aromatic heterocycles. The number of aliphatic imine (C=N–C) groups is 1. The van der Waals surface area contributed by atoms with Crippen LogP contribution in [0.4, 0.5) is 20.8 Å². The summed E-state index contributed by atoms with van der Waals surface area (Å²) in [5.74, 6) is -0.274. The van der Waals surface area contributed by atoms with Crippen molar-refractivity contribution in [2.75, 3.05) is 25.0 Å². The normalized spacial score (nSPS) is 22.9. The number of hydrogen-bond acceptors (Lipinski definition) is 10. The molecule has 1 aliphatic heterocycles. The van der Waals surface area contributed by atoms with Crippen LogP contribution in [0.15, 0.2) is 41.8 Å². The number of amidine groups is 1. The van der Waals surface area contributed by atoms with Gasteiger partial charge in [0.1, 0.15) is 39.6 Å². The molecule has 14 heteroatoms. The van der Waals surface area contributed by atoms with Gasteiger partial charge in [0, 0.05) is 24.3 Å². The number of rotatable bonds is 7. The molecule has 1 aliphatic carbocycles. The average Bonchev–Trinajstić information content (AvgIpc) is 3.71. The van der Waals surface area contributed by atoms with Crippen LogP contribution in [0.25, 0.3) is 10.9 Å². The third-order valence-corrected chi connectivity index (χ3v) is 9.18. The predicted molar refractivity (Wildman–Crippen MR) is 154 cm³/mol. The maximum Gasteiger partial charge on any atom is 0.435 e. The van der Waals surface area contributed by atoms with Gasteiger partial charge in [-0.25, -0.2) is 32.6 Å². The zero-order valence-corrected chi connectivity index (χ0v) is 24.8. The fourth-order valence-electron chi connectivity index (χ4n) is 4.98. The van der Waals surface area contributed by atoms with E-state index in [-0.39, 0.29) is 29.9 Å². The smallest absolute Gasteiger partial charge is 0.435 e. The minimum absolute atomic E-state index is 0.0261. The van der Waals surface area contributed by atoms with Gasteiger partial charge < -0.3 is 24.8 Å². The number of methoxy groups -OCH3 is 1. The van der Waals surface area contributed by atoms with E-state index >= 15 is 4.39 Å². The maximum absolute atomic E-state index is 15.4. The fraction of sp³-hybridized carbons (Fsp3) is 0.464. The number of nitrogens with zero attached hydrogens (tertiary/aromatic N) is 4. The molecule has 0 radical (unpaired) electrons. The molecule has 1 saturated heterocycles. The van der Waals surface area contributed by atoms with E-state index in [4.69, 9.17) is 14.2 Å². The second-order valence-corrected chi connectivity index (χ2v) is 13.7. The van der Waals surface area contributed by atoms with Crippen molar-refractivity contribution < 1.29 is 31.8 Å². The Balaban J connectivity index is 1.48. The highest BCUT2D eigenvalue weighted by molar-refractivity contribution is 7.93. The second kappa shape index (κ2) is 11.1. The summed E-state index contributed by atoms with van der Waals surface area (Å²) >= 11 is 0. The Hall–Kier alpha value is -3.91. The number of aromatic nitrogens is 3. The summed E-state index contributed by atoms with van der Waals surface area (Å²) in [6.07, 6.45) is 4.57. The van der Waals surface area contributed by atoms with Gasteiger partial charge in [-0.05, 0) is 64.7 Å². The Labute approximate surface area is 243 Å². The summed E-state index contributed by atoms with van der Waals surface area (Å²) in [6, 6.07) is 4.95. The molecule has 0 bridgehead atoms. The number of anilines is 2. The molecule has 1 saturated carbocycles. The molecule has 1 amide bonds. The number of carbonyl (C=O) groups excluding carboxylic acids is 1. The van der Waals surface area contributed by atoms with E-state index in [0.29, 0.717) is 29.9 Å². The van der Waals surface area contributed by atoms with E-state index in [1.807, 2.05) is 0 Å². The summed E-state index contributed by atoms with van der Waals surface area (Å²) in [7, 11) is -2.32. The lowest BCUT2D eigenvalue weighted by Crippen LogP contribution is -2.61. The Morgan fingerprint density at radius 1 is 1.21 bits per heavy atom. The van der Waals surface area contributed by atoms with Crippen molar-refractivity contribution in [1.29, 1.82) is 0 Å². The molecule has 2 N–H and O–H groups in total. The largest absolute Gasteiger partial charge is 0.466 e. The molecule has 5 rings (SSSR count). The van der Waals surface area contributed by atoms with Crippen LogP contribution in [0.2, 0.25) is 0 Å². The number of fused-ring (bicyclic) bond motifs is 1. The van der Waals surface area contributed by atoms with Gasteiger partial charge in [0.15, 0.2) is 22.4 Å². The lowest BCUT2D eigenvalue weighted by molar-refractivity contribution is 0.0509. The van der Waals surface area contributed by atoms with Crippen LogP contribution in [0, 0.1) is 11.7 Å². The second-order valence-electron chi connectivity index (χ2n) is 11.6. The number of amides is 1. The van der Waals surface area contributed by atoms with Gasteiger partial charge in [-0.3, -0.25) is 0 Å². The van der Waals surface area contributed by atoms with Crippen molar-refractivity contribution in [3.8, 4) is 5.75 Å². The molecule has 224 valence electrons. The van der Waals surface area contributed by atoms with Crippen molar-refractivity contribution >= 4 is 44.3 Å². The quantitative estimate of drug-likeness (QED) is 0.374. The maximum atomic E-state index is 15.4. The van der Waals surface area contributed by atoms with Crippen molar-refractivity contribution in [1.82, 2.24) is 20.3 Å². The summed E-state index contributed by atoms with van der Waals surface area (Å²) in [6.45, 7) is 6.69. The van der Waals surface area contributed by atoms with Crippen LogP contribution in [0.1, 0.15) is 46.1 Å². The summed E-state index contributed by atoms with van der Waals surface area (Å²) < 4.78 is 58.3. The molecule has 3 aromatic rings. The van der Waals surface area contributed by atoms with E-state index in [1.54, 1.807) is 46.0 Å². The zero-order chi connectivity index (χ0) is 30.3. The molecule has 12 nitrogen and oxygen atoms in total. The van der Waals surface area contributed by atoms with Gasteiger partial charge >= 0.3 is 6.09 Å². The van der Waals surface area contributed by atoms with E-state index in [0.717, 1.165) is 11.6 Å². The van der Waals surface area contributed by atoms with Gasteiger partial charge in [-0.2, -0.15) is 4.99 Å². The minimum Gasteiger partial charge on any atom is -0.466 e. The molecule has 2 aliphatic rings. The van der Waals surface area contributed by atoms with Crippen molar-refractivity contribution in [2.45, 2.75) is 56.9 Å². The van der Waals surface area contributed by atoms with E-state index in [9.17, 15) is 13.2 Å². The number of ether oxygens (including phenoxy) is 3. The molecule has 0 spiro atoms. The number of halogens is 1. The van der Waals surface area contributed by atoms with Gasteiger partial charge in [-0.15, -0.1) is 0 Å². The summed E-state index contributed by atoms with van der Waals surface area (Å²) in [5, 5.41) is 5.89. The van der Waals surface area contributed by atoms with Gasteiger partial charge in [0.05, 0.1) is 23.7 Å². The zero-order valence-electron chi connectivity index (χ0n) is 24.0. The average molecular weight is 601 g/mol. The first-order chi connectivity index (χ1) is 19.8. The predicted octanol–water partition coefficient (Wildman–Crippen LogP) is 4.24. The highest BCUT2D eigenvalue weighted by Gasteiger charge is 2.52. The van der Waals surface area contributed by atoms with Gasteiger partial charge in [0.2, 0.25) is 0 Å². The number of hydrogen-bond donors (Lipinski definition) is 2. The summed E-state index contributed by atoms with van der Waals surface area (Å²) in [5.41, 5.74) is -1.75. The SMILES string of the molecule is COCOc1cnc2c(Nc3cc([C@]4(C)CS(=O)(=O)[C@@H](C5CC5)/C(=N\C(=O)OC(C)(C)C)N4)c(F)cn3)nccc2c1. The molecule has 0 aromatic carbocycles. The van der Waals surface area contributed by atoms with Crippen LogP contribution in [0.5, 0.6) is 5.75 Å². The third-order valence-electron chi connectivity index (χ3n) is 6.82. The number of carbonyl (C=O) groups is 1. The highest BCUT2D eigenvalue weighted by Crippen LogP contribution is 2.42. The third kappa shape index (κ3) is 6.44. The summed E-state index contributed by atoms with van der Waals surface area (Å²) in [4.78, 5) is 29.6. The molecular formula is C28H33FN6O6S. The van der Waals surface area contributed by atoms with E-state index in [2.05, 4.69) is 30.6 Å². The van der Waals surface area contributed by atoms with Gasteiger partial charge in [0.25, 0.3) is 0 Å². The molecule has 2 atom stereocenters. The van der Waals surface area contributed by atoms with Crippen LogP contribution in [-0.4, -0.2) is 65.8 Å². The first kappa shape index (κ1) is 29.6. The Morgan fingerprint density at radius 2 is 1.98 bits per heavy atom. The van der Waals surface area contributed by atoms with Crippen LogP contribution < -0.4 is 15.4 Å². The van der Waals surface area contributed by atoms with Crippen LogP contribution in [-0.2, 0) is 24.8 Å². The number of sulfone groups is 1. The number of pyridine rings is 3. The van der Waals surface area contributed by atoms with Crippen molar-refractivity contribution in [3.05, 3.63) is 48.2 Å². The first-order valence-electron chi connectivity index (χ1n) is 13.4.